The molecule has 0 atom stereocenters. The maximum absolute atomic E-state index is 13.0. The van der Waals surface area contributed by atoms with E-state index in [0.717, 1.165) is 22.4 Å². The second kappa shape index (κ2) is 5.82. The highest BCUT2D eigenvalue weighted by atomic mass is 16.7. The Labute approximate surface area is 150 Å². The van der Waals surface area contributed by atoms with E-state index in [-0.39, 0.29) is 5.91 Å². The lowest BCUT2D eigenvalue weighted by Crippen LogP contribution is -2.47. The number of nitrogens with zero attached hydrogens (tertiary/aromatic N) is 2. The Kier molecular flexibility index (Phi) is 3.55. The molecule has 2 fully saturated rings. The van der Waals surface area contributed by atoms with E-state index in [9.17, 15) is 4.79 Å². The van der Waals surface area contributed by atoms with Crippen LogP contribution in [0.25, 0.3) is 11.3 Å². The van der Waals surface area contributed by atoms with Crippen molar-refractivity contribution in [1.29, 1.82) is 0 Å². The van der Waals surface area contributed by atoms with Gasteiger partial charge in [-0.25, -0.2) is 0 Å². The SMILES string of the molecule is Cc1ccc2c(c1)-c1onc(C(=O)N3CCC4(CC3)OCCO4)c1CO2. The molecule has 5 rings (SSSR count). The molecule has 1 aromatic heterocycles. The van der Waals surface area contributed by atoms with E-state index in [0.29, 0.717) is 57.2 Å². The normalized spacial score (nSPS) is 20.6. The quantitative estimate of drug-likeness (QED) is 0.782. The molecule has 2 saturated heterocycles. The van der Waals surface area contributed by atoms with Crippen LogP contribution in [0.2, 0.25) is 0 Å². The van der Waals surface area contributed by atoms with Crippen LogP contribution in [0.1, 0.15) is 34.5 Å². The largest absolute Gasteiger partial charge is 0.488 e. The zero-order valence-electron chi connectivity index (χ0n) is 14.6. The molecule has 0 aliphatic carbocycles. The van der Waals surface area contributed by atoms with E-state index in [1.165, 1.54) is 0 Å². The van der Waals surface area contributed by atoms with Crippen LogP contribution in [-0.4, -0.2) is 48.1 Å². The van der Waals surface area contributed by atoms with E-state index < -0.39 is 5.79 Å². The third-order valence-corrected chi connectivity index (χ3v) is 5.37. The molecule has 7 nitrogen and oxygen atoms in total. The van der Waals surface area contributed by atoms with Crippen molar-refractivity contribution < 1.29 is 23.5 Å². The number of rotatable bonds is 1. The number of aromatic nitrogens is 1. The molecule has 3 aliphatic rings. The van der Waals surface area contributed by atoms with Crippen LogP contribution in [0.15, 0.2) is 22.7 Å². The molecule has 26 heavy (non-hydrogen) atoms. The molecule has 0 N–H and O–H groups in total. The van der Waals surface area contributed by atoms with Crippen molar-refractivity contribution in [2.75, 3.05) is 26.3 Å². The highest BCUT2D eigenvalue weighted by Crippen LogP contribution is 2.40. The van der Waals surface area contributed by atoms with E-state index >= 15 is 0 Å². The molecule has 7 heteroatoms. The number of amides is 1. The maximum Gasteiger partial charge on any atom is 0.276 e. The first-order valence-electron chi connectivity index (χ1n) is 8.95. The number of benzene rings is 1. The van der Waals surface area contributed by atoms with Gasteiger partial charge < -0.3 is 23.6 Å². The minimum Gasteiger partial charge on any atom is -0.488 e. The third kappa shape index (κ3) is 2.42. The summed E-state index contributed by atoms with van der Waals surface area (Å²) in [5.41, 5.74) is 3.02. The second-order valence-electron chi connectivity index (χ2n) is 7.03. The fourth-order valence-electron chi connectivity index (χ4n) is 3.91. The molecule has 3 aliphatic heterocycles. The number of likely N-dealkylation sites (tertiary alicyclic amines) is 1. The Morgan fingerprint density at radius 1 is 1.19 bits per heavy atom. The monoisotopic (exact) mass is 356 g/mol. The molecular formula is C19H20N2O5. The highest BCUT2D eigenvalue weighted by molar-refractivity contribution is 5.95. The van der Waals surface area contributed by atoms with Crippen LogP contribution in [0, 0.1) is 6.92 Å². The first kappa shape index (κ1) is 15.8. The molecule has 4 heterocycles. The van der Waals surface area contributed by atoms with E-state index in [4.69, 9.17) is 18.7 Å². The fraction of sp³-hybridized carbons (Fsp3) is 0.474. The van der Waals surface area contributed by atoms with Gasteiger partial charge in [0.25, 0.3) is 5.91 Å². The molecule has 1 aromatic carbocycles. The first-order chi connectivity index (χ1) is 12.7. The third-order valence-electron chi connectivity index (χ3n) is 5.37. The van der Waals surface area contributed by atoms with Crippen LogP contribution in [0.4, 0.5) is 0 Å². The van der Waals surface area contributed by atoms with Gasteiger partial charge in [0.1, 0.15) is 12.4 Å². The Balaban J connectivity index is 1.40. The molecule has 1 amide bonds. The van der Waals surface area contributed by atoms with Crippen LogP contribution in [0.5, 0.6) is 5.75 Å². The average Bonchev–Trinajstić information content (AvgIpc) is 3.29. The summed E-state index contributed by atoms with van der Waals surface area (Å²) in [5, 5.41) is 4.08. The molecule has 0 radical (unpaired) electrons. The standard InChI is InChI=1S/C19H20N2O5/c1-12-2-3-15-13(10-12)17-14(11-23-15)16(20-26-17)18(22)21-6-4-19(5-7-21)24-8-9-25-19/h2-3,10H,4-9,11H2,1H3. The number of carbonyl (C=O) groups excluding carboxylic acids is 1. The Hall–Kier alpha value is -2.38. The fourth-order valence-corrected chi connectivity index (χ4v) is 3.91. The van der Waals surface area contributed by atoms with E-state index in [1.54, 1.807) is 4.90 Å². The summed E-state index contributed by atoms with van der Waals surface area (Å²) in [5.74, 6) is 0.769. The predicted octanol–water partition coefficient (Wildman–Crippen LogP) is 2.52. The summed E-state index contributed by atoms with van der Waals surface area (Å²) in [4.78, 5) is 14.8. The molecule has 2 aromatic rings. The zero-order chi connectivity index (χ0) is 17.7. The van der Waals surface area contributed by atoms with Crippen molar-refractivity contribution in [1.82, 2.24) is 10.1 Å². The predicted molar refractivity (Wildman–Crippen MR) is 90.8 cm³/mol. The summed E-state index contributed by atoms with van der Waals surface area (Å²) in [6, 6.07) is 5.90. The van der Waals surface area contributed by atoms with E-state index in [1.807, 2.05) is 25.1 Å². The molecule has 136 valence electrons. The van der Waals surface area contributed by atoms with Gasteiger partial charge in [-0.15, -0.1) is 0 Å². The summed E-state index contributed by atoms with van der Waals surface area (Å²) < 4.78 is 22.8. The Bertz CT molecular complexity index is 859. The number of fused-ring (bicyclic) bond motifs is 3. The van der Waals surface area contributed by atoms with Crippen molar-refractivity contribution in [3.63, 3.8) is 0 Å². The van der Waals surface area contributed by atoms with Gasteiger partial charge in [0, 0.05) is 25.9 Å². The maximum atomic E-state index is 13.0. The lowest BCUT2D eigenvalue weighted by atomic mass is 10.00. The number of hydrogen-bond donors (Lipinski definition) is 0. The Morgan fingerprint density at radius 2 is 1.96 bits per heavy atom. The van der Waals surface area contributed by atoms with Gasteiger partial charge in [-0.1, -0.05) is 16.8 Å². The van der Waals surface area contributed by atoms with Crippen LogP contribution >= 0.6 is 0 Å². The van der Waals surface area contributed by atoms with Crippen molar-refractivity contribution in [3.05, 3.63) is 35.0 Å². The first-order valence-corrected chi connectivity index (χ1v) is 8.95. The average molecular weight is 356 g/mol. The molecule has 0 unspecified atom stereocenters. The summed E-state index contributed by atoms with van der Waals surface area (Å²) in [6.45, 7) is 4.71. The van der Waals surface area contributed by atoms with Crippen molar-refractivity contribution in [2.24, 2.45) is 0 Å². The number of ether oxygens (including phenoxy) is 3. The lowest BCUT2D eigenvalue weighted by Gasteiger charge is -2.37. The van der Waals surface area contributed by atoms with Gasteiger partial charge in [0.15, 0.2) is 17.2 Å². The van der Waals surface area contributed by atoms with Gasteiger partial charge in [-0.2, -0.15) is 0 Å². The highest BCUT2D eigenvalue weighted by Gasteiger charge is 2.42. The van der Waals surface area contributed by atoms with Crippen molar-refractivity contribution in [2.45, 2.75) is 32.2 Å². The van der Waals surface area contributed by atoms with Crippen LogP contribution in [0.3, 0.4) is 0 Å². The minimum atomic E-state index is -0.500. The number of hydrogen-bond acceptors (Lipinski definition) is 6. The topological polar surface area (TPSA) is 74.0 Å². The molecule has 1 spiro atoms. The van der Waals surface area contributed by atoms with Gasteiger partial charge in [-0.3, -0.25) is 4.79 Å². The molecule has 0 bridgehead atoms. The summed E-state index contributed by atoms with van der Waals surface area (Å²) >= 11 is 0. The van der Waals surface area contributed by atoms with E-state index in [2.05, 4.69) is 5.16 Å². The number of piperidine rings is 1. The van der Waals surface area contributed by atoms with Crippen LogP contribution in [-0.2, 0) is 16.1 Å². The minimum absolute atomic E-state index is 0.123. The van der Waals surface area contributed by atoms with Gasteiger partial charge in [0.2, 0.25) is 0 Å². The number of aryl methyl sites for hydroxylation is 1. The number of carbonyl (C=O) groups is 1. The van der Waals surface area contributed by atoms with Crippen molar-refractivity contribution >= 4 is 5.91 Å². The second-order valence-corrected chi connectivity index (χ2v) is 7.03. The smallest absolute Gasteiger partial charge is 0.276 e. The lowest BCUT2D eigenvalue weighted by molar-refractivity contribution is -0.181. The Morgan fingerprint density at radius 3 is 2.73 bits per heavy atom. The zero-order valence-corrected chi connectivity index (χ0v) is 14.6. The van der Waals surface area contributed by atoms with Crippen molar-refractivity contribution in [3.8, 4) is 17.1 Å². The summed E-state index contributed by atoms with van der Waals surface area (Å²) in [6.07, 6.45) is 1.36. The summed E-state index contributed by atoms with van der Waals surface area (Å²) in [7, 11) is 0. The van der Waals surface area contributed by atoms with Gasteiger partial charge >= 0.3 is 0 Å². The molecular weight excluding hydrogens is 336 g/mol. The van der Waals surface area contributed by atoms with Gasteiger partial charge in [0.05, 0.1) is 24.3 Å². The van der Waals surface area contributed by atoms with Crippen LogP contribution < -0.4 is 4.74 Å². The van der Waals surface area contributed by atoms with Gasteiger partial charge in [-0.05, 0) is 19.1 Å². The molecule has 0 saturated carbocycles.